The Kier molecular flexibility index (Phi) is 8.60. The lowest BCUT2D eigenvalue weighted by Gasteiger charge is -2.37. The number of carbonyl (C=O) groups is 1. The summed E-state index contributed by atoms with van der Waals surface area (Å²) in [6.07, 6.45) is 9.45. The number of para-hydroxylation sites is 1. The van der Waals surface area contributed by atoms with E-state index < -0.39 is 0 Å². The van der Waals surface area contributed by atoms with E-state index in [0.29, 0.717) is 23.5 Å². The average Bonchev–Trinajstić information content (AvgIpc) is 2.97. The first-order valence-corrected chi connectivity index (χ1v) is 14.4. The summed E-state index contributed by atoms with van der Waals surface area (Å²) in [5.41, 5.74) is 3.97. The molecule has 1 heterocycles. The van der Waals surface area contributed by atoms with Gasteiger partial charge in [-0.25, -0.2) is 9.97 Å². The van der Waals surface area contributed by atoms with E-state index in [-0.39, 0.29) is 17.4 Å². The topological polar surface area (TPSA) is 78.9 Å². The van der Waals surface area contributed by atoms with Gasteiger partial charge in [0.05, 0.1) is 17.3 Å². The number of anilines is 2. The van der Waals surface area contributed by atoms with Crippen LogP contribution in [0.15, 0.2) is 103 Å². The van der Waals surface area contributed by atoms with Crippen LogP contribution in [0.25, 0.3) is 22.2 Å². The van der Waals surface area contributed by atoms with Crippen molar-refractivity contribution in [3.8, 4) is 11.3 Å². The van der Waals surface area contributed by atoms with Crippen LogP contribution in [0.5, 0.6) is 0 Å². The molecule has 0 bridgehead atoms. The summed E-state index contributed by atoms with van der Waals surface area (Å²) in [6.45, 7) is 9.67. The van der Waals surface area contributed by atoms with Gasteiger partial charge in [-0.2, -0.15) is 0 Å². The zero-order chi connectivity index (χ0) is 28.8. The van der Waals surface area contributed by atoms with Gasteiger partial charge < -0.3 is 16.0 Å². The molecule has 0 saturated heterocycles. The van der Waals surface area contributed by atoms with Crippen molar-refractivity contribution in [1.29, 1.82) is 0 Å². The fourth-order valence-electron chi connectivity index (χ4n) is 5.35. The summed E-state index contributed by atoms with van der Waals surface area (Å²) in [4.78, 5) is 22.8. The molecular formula is C35H39N5O. The van der Waals surface area contributed by atoms with Crippen molar-refractivity contribution in [3.63, 3.8) is 0 Å². The van der Waals surface area contributed by atoms with Crippen molar-refractivity contribution >= 4 is 28.4 Å². The highest BCUT2D eigenvalue weighted by Gasteiger charge is 2.33. The number of hydrogen-bond donors (Lipinski definition) is 3. The molecule has 5 rings (SSSR count). The highest BCUT2D eigenvalue weighted by molar-refractivity contribution is 5.95. The van der Waals surface area contributed by atoms with Crippen LogP contribution >= 0.6 is 0 Å². The predicted molar refractivity (Wildman–Crippen MR) is 169 cm³/mol. The minimum Gasteiger partial charge on any atom is -0.345 e. The predicted octanol–water partition coefficient (Wildman–Crippen LogP) is 7.30. The number of allylic oxidation sites excluding steroid dienone is 2. The third-order valence-corrected chi connectivity index (χ3v) is 7.60. The van der Waals surface area contributed by atoms with Crippen LogP contribution in [0.2, 0.25) is 0 Å². The van der Waals surface area contributed by atoms with Gasteiger partial charge in [-0.3, -0.25) is 4.79 Å². The number of aromatic nitrogens is 2. The summed E-state index contributed by atoms with van der Waals surface area (Å²) in [5.74, 6) is 1.05. The standard InChI is InChI=1S/C35H39N5O/c1-24(2)22-25(3)36-23-35(4)21-11-10-16-31(35)39-33(41)27-17-19-28(20-18-27)37-34-38-30-15-9-8-14-29(30)32(40-34)26-12-6-5-7-13-26/h5-21,24-25,31,36H,22-23H2,1-4H3,(H,39,41)(H,37,38,40). The lowest BCUT2D eigenvalue weighted by molar-refractivity contribution is 0.0921. The Morgan fingerprint density at radius 3 is 2.39 bits per heavy atom. The summed E-state index contributed by atoms with van der Waals surface area (Å²) in [6, 6.07) is 25.9. The maximum absolute atomic E-state index is 13.3. The summed E-state index contributed by atoms with van der Waals surface area (Å²) < 4.78 is 0. The molecule has 1 aliphatic rings. The molecule has 1 aliphatic carbocycles. The second-order valence-electron chi connectivity index (χ2n) is 11.6. The van der Waals surface area contributed by atoms with E-state index in [2.05, 4.69) is 74.0 Å². The number of nitrogens with zero attached hydrogens (tertiary/aromatic N) is 2. The van der Waals surface area contributed by atoms with E-state index in [4.69, 9.17) is 9.97 Å². The van der Waals surface area contributed by atoms with E-state index in [1.54, 1.807) is 0 Å². The lowest BCUT2D eigenvalue weighted by atomic mass is 9.78. The molecule has 0 radical (unpaired) electrons. The molecule has 6 nitrogen and oxygen atoms in total. The second-order valence-corrected chi connectivity index (χ2v) is 11.6. The van der Waals surface area contributed by atoms with Gasteiger partial charge in [0.2, 0.25) is 5.95 Å². The van der Waals surface area contributed by atoms with Crippen LogP contribution in [0, 0.1) is 11.3 Å². The molecule has 1 amide bonds. The molecule has 6 heteroatoms. The average molecular weight is 546 g/mol. The number of rotatable bonds is 10. The minimum absolute atomic E-state index is 0.101. The summed E-state index contributed by atoms with van der Waals surface area (Å²) in [5, 5.41) is 11.2. The van der Waals surface area contributed by atoms with Crippen LogP contribution < -0.4 is 16.0 Å². The minimum atomic E-state index is -0.221. The Balaban J connectivity index is 1.28. The molecule has 1 aromatic heterocycles. The van der Waals surface area contributed by atoms with Gasteiger partial charge >= 0.3 is 0 Å². The first kappa shape index (κ1) is 28.2. The Labute approximate surface area is 243 Å². The van der Waals surface area contributed by atoms with Crippen LogP contribution in [0.1, 0.15) is 44.5 Å². The molecule has 41 heavy (non-hydrogen) atoms. The monoisotopic (exact) mass is 545 g/mol. The number of carbonyl (C=O) groups excluding carboxylic acids is 1. The lowest BCUT2D eigenvalue weighted by Crippen LogP contribution is -2.50. The Bertz CT molecular complexity index is 1540. The second kappa shape index (κ2) is 12.5. The van der Waals surface area contributed by atoms with Gasteiger partial charge in [-0.15, -0.1) is 0 Å². The zero-order valence-electron chi connectivity index (χ0n) is 24.3. The van der Waals surface area contributed by atoms with Gasteiger partial charge in [0.15, 0.2) is 0 Å². The van der Waals surface area contributed by atoms with Gasteiger partial charge in [0.25, 0.3) is 5.91 Å². The van der Waals surface area contributed by atoms with Gasteiger partial charge in [-0.1, -0.05) is 93.6 Å². The first-order chi connectivity index (χ1) is 19.8. The van der Waals surface area contributed by atoms with Crippen LogP contribution in [0.3, 0.4) is 0 Å². The number of amides is 1. The summed E-state index contributed by atoms with van der Waals surface area (Å²) >= 11 is 0. The first-order valence-electron chi connectivity index (χ1n) is 14.4. The molecule has 0 saturated carbocycles. The maximum atomic E-state index is 13.3. The highest BCUT2D eigenvalue weighted by atomic mass is 16.1. The van der Waals surface area contributed by atoms with E-state index in [9.17, 15) is 4.79 Å². The molecule has 0 aliphatic heterocycles. The number of benzene rings is 3. The fourth-order valence-corrected chi connectivity index (χ4v) is 5.35. The van der Waals surface area contributed by atoms with Gasteiger partial charge in [0.1, 0.15) is 0 Å². The number of hydrogen-bond acceptors (Lipinski definition) is 5. The quantitative estimate of drug-likeness (QED) is 0.195. The largest absolute Gasteiger partial charge is 0.345 e. The van der Waals surface area contributed by atoms with Crippen molar-refractivity contribution < 1.29 is 4.79 Å². The Hall–Kier alpha value is -4.29. The van der Waals surface area contributed by atoms with E-state index in [1.807, 2.05) is 72.8 Å². The van der Waals surface area contributed by atoms with E-state index in [1.165, 1.54) is 0 Å². The van der Waals surface area contributed by atoms with Gasteiger partial charge in [0, 0.05) is 40.2 Å². The van der Waals surface area contributed by atoms with Crippen molar-refractivity contribution in [1.82, 2.24) is 20.6 Å². The maximum Gasteiger partial charge on any atom is 0.251 e. The number of nitrogens with one attached hydrogen (secondary N) is 3. The van der Waals surface area contributed by atoms with Gasteiger partial charge in [-0.05, 0) is 49.6 Å². The molecule has 0 spiro atoms. The normalized spacial score (nSPS) is 18.9. The Morgan fingerprint density at radius 2 is 1.63 bits per heavy atom. The SMILES string of the molecule is CC(C)CC(C)NCC1(C)C=CC=CC1NC(=O)c1ccc(Nc2nc(-c3ccccc3)c3ccccc3n2)cc1. The highest BCUT2D eigenvalue weighted by Crippen LogP contribution is 2.29. The molecule has 210 valence electrons. The smallest absolute Gasteiger partial charge is 0.251 e. The van der Waals surface area contributed by atoms with Crippen molar-refractivity contribution in [3.05, 3.63) is 109 Å². The molecule has 3 unspecified atom stereocenters. The van der Waals surface area contributed by atoms with E-state index in [0.717, 1.165) is 40.8 Å². The summed E-state index contributed by atoms with van der Waals surface area (Å²) in [7, 11) is 0. The Morgan fingerprint density at radius 1 is 0.902 bits per heavy atom. The molecule has 3 aromatic carbocycles. The molecule has 4 aromatic rings. The molecule has 3 atom stereocenters. The molecule has 0 fully saturated rings. The van der Waals surface area contributed by atoms with Crippen molar-refractivity contribution in [2.24, 2.45) is 11.3 Å². The zero-order valence-corrected chi connectivity index (χ0v) is 24.3. The van der Waals surface area contributed by atoms with Crippen LogP contribution in [-0.2, 0) is 0 Å². The third-order valence-electron chi connectivity index (χ3n) is 7.60. The number of fused-ring (bicyclic) bond motifs is 1. The van der Waals surface area contributed by atoms with Crippen molar-refractivity contribution in [2.45, 2.75) is 46.2 Å². The van der Waals surface area contributed by atoms with Crippen molar-refractivity contribution in [2.75, 3.05) is 11.9 Å². The molecular weight excluding hydrogens is 506 g/mol. The third kappa shape index (κ3) is 6.90. The fraction of sp³-hybridized carbons (Fsp3) is 0.286. The van der Waals surface area contributed by atoms with Crippen LogP contribution in [-0.4, -0.2) is 34.5 Å². The van der Waals surface area contributed by atoms with E-state index >= 15 is 0 Å². The van der Waals surface area contributed by atoms with Crippen LogP contribution in [0.4, 0.5) is 11.6 Å². The molecule has 3 N–H and O–H groups in total.